The van der Waals surface area contributed by atoms with Crippen molar-refractivity contribution in [2.24, 2.45) is 7.05 Å². The smallest absolute Gasteiger partial charge is 0.277 e. The van der Waals surface area contributed by atoms with Crippen LogP contribution >= 0.6 is 22.9 Å². The second-order valence-electron chi connectivity index (χ2n) is 3.96. The van der Waals surface area contributed by atoms with E-state index < -0.39 is 0 Å². The van der Waals surface area contributed by atoms with Crippen molar-refractivity contribution >= 4 is 45.8 Å². The summed E-state index contributed by atoms with van der Waals surface area (Å²) in [5.74, 6) is 0.195. The number of hydrogen-bond donors (Lipinski definition) is 1. The van der Waals surface area contributed by atoms with Gasteiger partial charge in [0.15, 0.2) is 0 Å². The van der Waals surface area contributed by atoms with Gasteiger partial charge in [0.05, 0.1) is 16.5 Å². The van der Waals surface area contributed by atoms with Crippen LogP contribution in [0.2, 0.25) is 5.02 Å². The number of halogens is 1. The summed E-state index contributed by atoms with van der Waals surface area (Å²) in [5.41, 5.74) is 3.64. The molecule has 0 aliphatic heterocycles. The molecule has 3 aromatic rings. The zero-order valence-electron chi connectivity index (χ0n) is 9.92. The monoisotopic (exact) mass is 292 g/mol. The van der Waals surface area contributed by atoms with E-state index in [0.717, 1.165) is 11.0 Å². The molecule has 1 N–H and O–H groups in total. The van der Waals surface area contributed by atoms with Gasteiger partial charge in [0.2, 0.25) is 5.95 Å². The molecule has 0 radical (unpaired) electrons. The SMILES string of the molecule is Cn1c(NC(=O)c2cscn2)nc2cc(Cl)ccc21. The third kappa shape index (κ3) is 2.20. The molecule has 0 bridgehead atoms. The quantitative estimate of drug-likeness (QED) is 0.790. The highest BCUT2D eigenvalue weighted by molar-refractivity contribution is 7.07. The molecule has 2 aromatic heterocycles. The fourth-order valence-electron chi connectivity index (χ4n) is 1.78. The van der Waals surface area contributed by atoms with Gasteiger partial charge in [0.25, 0.3) is 5.91 Å². The van der Waals surface area contributed by atoms with Gasteiger partial charge < -0.3 is 4.57 Å². The van der Waals surface area contributed by atoms with E-state index >= 15 is 0 Å². The molecule has 0 spiro atoms. The number of thiazole rings is 1. The number of imidazole rings is 1. The van der Waals surface area contributed by atoms with Crippen molar-refractivity contribution in [3.05, 3.63) is 39.8 Å². The van der Waals surface area contributed by atoms with Gasteiger partial charge >= 0.3 is 0 Å². The maximum absolute atomic E-state index is 11.9. The normalized spacial score (nSPS) is 10.8. The number of rotatable bonds is 2. The molecule has 5 nitrogen and oxygen atoms in total. The molecule has 1 aromatic carbocycles. The summed E-state index contributed by atoms with van der Waals surface area (Å²) in [6, 6.07) is 5.41. The molecule has 0 aliphatic carbocycles. The number of nitrogens with zero attached hydrogens (tertiary/aromatic N) is 3. The van der Waals surface area contributed by atoms with E-state index in [-0.39, 0.29) is 5.91 Å². The first kappa shape index (κ1) is 12.1. The summed E-state index contributed by atoms with van der Waals surface area (Å²) in [7, 11) is 1.83. The number of carbonyl (C=O) groups excluding carboxylic acids is 1. The largest absolute Gasteiger partial charge is 0.313 e. The van der Waals surface area contributed by atoms with Crippen molar-refractivity contribution in [3.63, 3.8) is 0 Å². The zero-order chi connectivity index (χ0) is 13.4. The maximum atomic E-state index is 11.9. The first-order chi connectivity index (χ1) is 9.15. The Bertz CT molecular complexity index is 751. The molecule has 0 saturated heterocycles. The number of nitrogens with one attached hydrogen (secondary N) is 1. The number of carbonyl (C=O) groups is 1. The van der Waals surface area contributed by atoms with Gasteiger partial charge in [-0.25, -0.2) is 9.97 Å². The van der Waals surface area contributed by atoms with Crippen LogP contribution in [-0.2, 0) is 7.05 Å². The fraction of sp³-hybridized carbons (Fsp3) is 0.0833. The lowest BCUT2D eigenvalue weighted by Crippen LogP contribution is -2.15. The van der Waals surface area contributed by atoms with Crippen LogP contribution in [0.1, 0.15) is 10.5 Å². The lowest BCUT2D eigenvalue weighted by molar-refractivity contribution is 0.102. The van der Waals surface area contributed by atoms with Crippen molar-refractivity contribution in [1.29, 1.82) is 0 Å². The highest BCUT2D eigenvalue weighted by Crippen LogP contribution is 2.22. The molecular weight excluding hydrogens is 284 g/mol. The Morgan fingerprint density at radius 3 is 3.05 bits per heavy atom. The number of hydrogen-bond acceptors (Lipinski definition) is 4. The molecule has 7 heteroatoms. The lowest BCUT2D eigenvalue weighted by atomic mass is 10.3. The predicted octanol–water partition coefficient (Wildman–Crippen LogP) is 2.94. The van der Waals surface area contributed by atoms with E-state index in [0.29, 0.717) is 16.7 Å². The molecule has 0 saturated carbocycles. The summed E-state index contributed by atoms with van der Waals surface area (Å²) < 4.78 is 1.80. The molecule has 0 aliphatic rings. The number of fused-ring (bicyclic) bond motifs is 1. The molecule has 96 valence electrons. The molecule has 3 rings (SSSR count). The zero-order valence-corrected chi connectivity index (χ0v) is 11.5. The Morgan fingerprint density at radius 1 is 1.47 bits per heavy atom. The van der Waals surface area contributed by atoms with Gasteiger partial charge in [-0.2, -0.15) is 0 Å². The standard InChI is InChI=1S/C12H9ClN4OS/c1-17-10-3-2-7(13)4-8(10)15-12(17)16-11(18)9-5-19-6-14-9/h2-6H,1H3,(H,15,16,18). The van der Waals surface area contributed by atoms with Crippen LogP contribution in [0.15, 0.2) is 29.1 Å². The van der Waals surface area contributed by atoms with Crippen LogP contribution in [0.4, 0.5) is 5.95 Å². The molecule has 19 heavy (non-hydrogen) atoms. The van der Waals surface area contributed by atoms with E-state index in [9.17, 15) is 4.79 Å². The van der Waals surface area contributed by atoms with Crippen molar-refractivity contribution in [2.75, 3.05) is 5.32 Å². The van der Waals surface area contributed by atoms with E-state index in [1.54, 1.807) is 27.6 Å². The molecule has 0 unspecified atom stereocenters. The minimum Gasteiger partial charge on any atom is -0.313 e. The van der Waals surface area contributed by atoms with Crippen LogP contribution < -0.4 is 5.32 Å². The van der Waals surface area contributed by atoms with Crippen molar-refractivity contribution in [3.8, 4) is 0 Å². The summed E-state index contributed by atoms with van der Waals surface area (Å²) in [4.78, 5) is 20.2. The summed E-state index contributed by atoms with van der Waals surface area (Å²) in [6.07, 6.45) is 0. The molecule has 1 amide bonds. The van der Waals surface area contributed by atoms with Gasteiger partial charge in [-0.3, -0.25) is 10.1 Å². The van der Waals surface area contributed by atoms with Crippen molar-refractivity contribution in [2.45, 2.75) is 0 Å². The summed E-state index contributed by atoms with van der Waals surface area (Å²) >= 11 is 7.30. The van der Waals surface area contributed by atoms with Gasteiger partial charge in [-0.15, -0.1) is 11.3 Å². The third-order valence-corrected chi connectivity index (χ3v) is 3.55. The van der Waals surface area contributed by atoms with Crippen LogP contribution in [0.3, 0.4) is 0 Å². The Hall–Kier alpha value is -1.92. The van der Waals surface area contributed by atoms with E-state index in [1.165, 1.54) is 11.3 Å². The topological polar surface area (TPSA) is 59.8 Å². The second kappa shape index (κ2) is 4.64. The molecule has 0 atom stereocenters. The highest BCUT2D eigenvalue weighted by atomic mass is 35.5. The average Bonchev–Trinajstić information content (AvgIpc) is 2.99. The Morgan fingerprint density at radius 2 is 2.32 bits per heavy atom. The lowest BCUT2D eigenvalue weighted by Gasteiger charge is -2.02. The first-order valence-electron chi connectivity index (χ1n) is 5.46. The van der Waals surface area contributed by atoms with Gasteiger partial charge in [0, 0.05) is 17.5 Å². The van der Waals surface area contributed by atoms with E-state index in [4.69, 9.17) is 11.6 Å². The summed E-state index contributed by atoms with van der Waals surface area (Å²) in [6.45, 7) is 0. The highest BCUT2D eigenvalue weighted by Gasteiger charge is 2.13. The molecule has 0 fully saturated rings. The van der Waals surface area contributed by atoms with Crippen molar-refractivity contribution < 1.29 is 4.79 Å². The second-order valence-corrected chi connectivity index (χ2v) is 5.11. The minimum atomic E-state index is -0.272. The first-order valence-corrected chi connectivity index (χ1v) is 6.79. The number of amides is 1. The maximum Gasteiger partial charge on any atom is 0.277 e. The van der Waals surface area contributed by atoms with Gasteiger partial charge in [0.1, 0.15) is 5.69 Å². The van der Waals surface area contributed by atoms with Crippen LogP contribution in [0.25, 0.3) is 11.0 Å². The number of anilines is 1. The number of benzene rings is 1. The fourth-order valence-corrected chi connectivity index (χ4v) is 2.47. The van der Waals surface area contributed by atoms with Crippen LogP contribution in [0, 0.1) is 0 Å². The van der Waals surface area contributed by atoms with Crippen molar-refractivity contribution in [1.82, 2.24) is 14.5 Å². The Labute approximate surface area is 117 Å². The van der Waals surface area contributed by atoms with Crippen LogP contribution in [0.5, 0.6) is 0 Å². The van der Waals surface area contributed by atoms with E-state index in [2.05, 4.69) is 15.3 Å². The third-order valence-electron chi connectivity index (χ3n) is 2.73. The minimum absolute atomic E-state index is 0.272. The molecule has 2 heterocycles. The number of aryl methyl sites for hydroxylation is 1. The van der Waals surface area contributed by atoms with Gasteiger partial charge in [-0.1, -0.05) is 11.6 Å². The van der Waals surface area contributed by atoms with Crippen LogP contribution in [-0.4, -0.2) is 20.4 Å². The Kier molecular flexibility index (Phi) is 2.96. The van der Waals surface area contributed by atoms with Gasteiger partial charge in [-0.05, 0) is 18.2 Å². The average molecular weight is 293 g/mol. The Balaban J connectivity index is 1.97. The van der Waals surface area contributed by atoms with E-state index in [1.807, 2.05) is 13.1 Å². The number of aromatic nitrogens is 3. The predicted molar refractivity (Wildman–Crippen MR) is 75.8 cm³/mol. The summed E-state index contributed by atoms with van der Waals surface area (Å²) in [5, 5.41) is 5.04. The molecular formula is C12H9ClN4OS.